The van der Waals surface area contributed by atoms with E-state index >= 15 is 0 Å². The van der Waals surface area contributed by atoms with Crippen LogP contribution in [0.4, 0.5) is 19.3 Å². The summed E-state index contributed by atoms with van der Waals surface area (Å²) < 4.78 is 26.8. The van der Waals surface area contributed by atoms with E-state index in [2.05, 4.69) is 10.6 Å². The van der Waals surface area contributed by atoms with Gasteiger partial charge >= 0.3 is 12.0 Å². The molecule has 0 aromatic heterocycles. The summed E-state index contributed by atoms with van der Waals surface area (Å²) in [6.07, 6.45) is 1.92. The standard InChI is InChI=1S/C14H18F2N2O3/c1-9-7-11(16)12(8-10(9)15)18-14(21)17-6-4-2-3-5-13(19)20/h7-8H,2-6H2,1H3,(H,19,20)(H2,17,18,21). The number of unbranched alkanes of at least 4 members (excludes halogenated alkanes) is 2. The predicted octanol–water partition coefficient (Wildman–Crippen LogP) is 3.04. The molecule has 0 heterocycles. The van der Waals surface area contributed by atoms with Gasteiger partial charge in [0.2, 0.25) is 0 Å². The molecule has 1 rings (SSSR count). The lowest BCUT2D eigenvalue weighted by Crippen LogP contribution is -2.30. The van der Waals surface area contributed by atoms with Gasteiger partial charge in [-0.3, -0.25) is 4.79 Å². The number of aliphatic carboxylic acids is 1. The van der Waals surface area contributed by atoms with Gasteiger partial charge in [-0.15, -0.1) is 0 Å². The third-order valence-corrected chi connectivity index (χ3v) is 2.85. The number of benzene rings is 1. The highest BCUT2D eigenvalue weighted by molar-refractivity contribution is 5.89. The first-order chi connectivity index (χ1) is 9.90. The summed E-state index contributed by atoms with van der Waals surface area (Å²) in [5, 5.41) is 13.2. The maximum atomic E-state index is 13.5. The molecule has 0 fully saturated rings. The smallest absolute Gasteiger partial charge is 0.319 e. The zero-order valence-electron chi connectivity index (χ0n) is 11.7. The van der Waals surface area contributed by atoms with Crippen molar-refractivity contribution in [2.45, 2.75) is 32.6 Å². The molecule has 0 spiro atoms. The first-order valence-electron chi connectivity index (χ1n) is 6.62. The Labute approximate surface area is 121 Å². The number of anilines is 1. The van der Waals surface area contributed by atoms with Crippen LogP contribution in [0.2, 0.25) is 0 Å². The molecule has 116 valence electrons. The van der Waals surface area contributed by atoms with Gasteiger partial charge in [-0.25, -0.2) is 13.6 Å². The summed E-state index contributed by atoms with van der Waals surface area (Å²) >= 11 is 0. The second-order valence-corrected chi connectivity index (χ2v) is 4.67. The van der Waals surface area contributed by atoms with Crippen molar-refractivity contribution in [3.8, 4) is 0 Å². The van der Waals surface area contributed by atoms with Crippen LogP contribution in [0.1, 0.15) is 31.2 Å². The number of amides is 2. The van der Waals surface area contributed by atoms with Crippen molar-refractivity contribution in [1.29, 1.82) is 0 Å². The van der Waals surface area contributed by atoms with E-state index in [9.17, 15) is 18.4 Å². The molecule has 21 heavy (non-hydrogen) atoms. The van der Waals surface area contributed by atoms with Crippen LogP contribution >= 0.6 is 0 Å². The normalized spacial score (nSPS) is 10.2. The molecule has 0 aliphatic rings. The summed E-state index contributed by atoms with van der Waals surface area (Å²) in [5.74, 6) is -2.15. The fraction of sp³-hybridized carbons (Fsp3) is 0.429. The van der Waals surface area contributed by atoms with Gasteiger partial charge in [-0.1, -0.05) is 6.42 Å². The van der Waals surface area contributed by atoms with Crippen molar-refractivity contribution in [3.05, 3.63) is 29.3 Å². The van der Waals surface area contributed by atoms with E-state index in [4.69, 9.17) is 5.11 Å². The monoisotopic (exact) mass is 300 g/mol. The van der Waals surface area contributed by atoms with E-state index in [1.54, 1.807) is 0 Å². The minimum atomic E-state index is -0.849. The lowest BCUT2D eigenvalue weighted by molar-refractivity contribution is -0.137. The third kappa shape index (κ3) is 6.20. The number of hydrogen-bond acceptors (Lipinski definition) is 2. The van der Waals surface area contributed by atoms with Crippen LogP contribution in [-0.2, 0) is 4.79 Å². The van der Waals surface area contributed by atoms with Gasteiger partial charge in [0, 0.05) is 19.0 Å². The molecular formula is C14H18F2N2O3. The topological polar surface area (TPSA) is 78.4 Å². The number of carbonyl (C=O) groups is 2. The van der Waals surface area contributed by atoms with Crippen molar-refractivity contribution in [1.82, 2.24) is 5.32 Å². The Bertz CT molecular complexity index is 521. The molecule has 0 aliphatic carbocycles. The molecule has 2 amide bonds. The molecule has 1 aromatic carbocycles. The number of aryl methyl sites for hydroxylation is 1. The van der Waals surface area contributed by atoms with Crippen LogP contribution in [0.3, 0.4) is 0 Å². The molecule has 7 heteroatoms. The van der Waals surface area contributed by atoms with Crippen molar-refractivity contribution >= 4 is 17.7 Å². The molecule has 0 bridgehead atoms. The molecule has 0 atom stereocenters. The highest BCUT2D eigenvalue weighted by Gasteiger charge is 2.10. The molecule has 0 radical (unpaired) electrons. The minimum absolute atomic E-state index is 0.0973. The zero-order valence-corrected chi connectivity index (χ0v) is 11.7. The lowest BCUT2D eigenvalue weighted by Gasteiger charge is -2.09. The number of halogens is 2. The van der Waals surface area contributed by atoms with E-state index in [0.717, 1.165) is 12.1 Å². The number of rotatable bonds is 7. The number of carboxylic acids is 1. The average Bonchev–Trinajstić information content (AvgIpc) is 2.39. The minimum Gasteiger partial charge on any atom is -0.481 e. The van der Waals surface area contributed by atoms with Crippen LogP contribution in [0, 0.1) is 18.6 Å². The van der Waals surface area contributed by atoms with Gasteiger partial charge in [0.05, 0.1) is 5.69 Å². The SMILES string of the molecule is Cc1cc(F)c(NC(=O)NCCCCCC(=O)O)cc1F. The number of hydrogen-bond donors (Lipinski definition) is 3. The summed E-state index contributed by atoms with van der Waals surface area (Å²) in [4.78, 5) is 21.8. The summed E-state index contributed by atoms with van der Waals surface area (Å²) in [7, 11) is 0. The Kier molecular flexibility index (Phi) is 6.58. The van der Waals surface area contributed by atoms with Crippen LogP contribution in [0.25, 0.3) is 0 Å². The lowest BCUT2D eigenvalue weighted by atomic mass is 10.2. The molecule has 0 saturated carbocycles. The van der Waals surface area contributed by atoms with Crippen LogP contribution in [0.15, 0.2) is 12.1 Å². The molecule has 5 nitrogen and oxygen atoms in total. The maximum Gasteiger partial charge on any atom is 0.319 e. The zero-order chi connectivity index (χ0) is 15.8. The molecule has 0 aliphatic heterocycles. The highest BCUT2D eigenvalue weighted by Crippen LogP contribution is 2.18. The molecular weight excluding hydrogens is 282 g/mol. The summed E-state index contributed by atoms with van der Waals surface area (Å²) in [5.41, 5.74) is -0.0571. The average molecular weight is 300 g/mol. The Morgan fingerprint density at radius 1 is 1.14 bits per heavy atom. The van der Waals surface area contributed by atoms with E-state index in [0.29, 0.717) is 25.8 Å². The third-order valence-electron chi connectivity index (χ3n) is 2.85. The van der Waals surface area contributed by atoms with Crippen LogP contribution in [-0.4, -0.2) is 23.7 Å². The van der Waals surface area contributed by atoms with E-state index < -0.39 is 23.6 Å². The molecule has 0 saturated heterocycles. The Morgan fingerprint density at radius 2 is 1.86 bits per heavy atom. The first-order valence-corrected chi connectivity index (χ1v) is 6.62. The predicted molar refractivity (Wildman–Crippen MR) is 74.2 cm³/mol. The van der Waals surface area contributed by atoms with Gasteiger partial charge in [0.15, 0.2) is 0 Å². The van der Waals surface area contributed by atoms with Crippen LogP contribution < -0.4 is 10.6 Å². The number of carbonyl (C=O) groups excluding carboxylic acids is 1. The Hall–Kier alpha value is -2.18. The Morgan fingerprint density at radius 3 is 2.52 bits per heavy atom. The van der Waals surface area contributed by atoms with Crippen molar-refractivity contribution in [3.63, 3.8) is 0 Å². The van der Waals surface area contributed by atoms with Crippen molar-refractivity contribution in [2.75, 3.05) is 11.9 Å². The van der Waals surface area contributed by atoms with Gasteiger partial charge in [-0.05, 0) is 31.4 Å². The fourth-order valence-electron chi connectivity index (χ4n) is 1.69. The maximum absolute atomic E-state index is 13.5. The van der Waals surface area contributed by atoms with E-state index in [1.807, 2.05) is 0 Å². The second-order valence-electron chi connectivity index (χ2n) is 4.67. The number of urea groups is 1. The second kappa shape index (κ2) is 8.18. The van der Waals surface area contributed by atoms with Crippen molar-refractivity contribution < 1.29 is 23.5 Å². The molecule has 1 aromatic rings. The fourth-order valence-corrected chi connectivity index (χ4v) is 1.69. The Balaban J connectivity index is 2.31. The first kappa shape index (κ1) is 16.9. The van der Waals surface area contributed by atoms with Gasteiger partial charge in [0.25, 0.3) is 0 Å². The van der Waals surface area contributed by atoms with Crippen LogP contribution in [0.5, 0.6) is 0 Å². The number of carboxylic acid groups (broad SMARTS) is 1. The summed E-state index contributed by atoms with van der Waals surface area (Å²) in [6.45, 7) is 1.76. The van der Waals surface area contributed by atoms with Crippen molar-refractivity contribution in [2.24, 2.45) is 0 Å². The largest absolute Gasteiger partial charge is 0.481 e. The highest BCUT2D eigenvalue weighted by atomic mass is 19.1. The quantitative estimate of drug-likeness (QED) is 0.677. The van der Waals surface area contributed by atoms with E-state index in [-0.39, 0.29) is 17.7 Å². The van der Waals surface area contributed by atoms with Gasteiger partial charge < -0.3 is 15.7 Å². The molecule has 0 unspecified atom stereocenters. The molecule has 3 N–H and O–H groups in total. The van der Waals surface area contributed by atoms with E-state index in [1.165, 1.54) is 6.92 Å². The van der Waals surface area contributed by atoms with Gasteiger partial charge in [0.1, 0.15) is 11.6 Å². The summed E-state index contributed by atoms with van der Waals surface area (Å²) in [6, 6.07) is 1.31. The van der Waals surface area contributed by atoms with Gasteiger partial charge in [-0.2, -0.15) is 0 Å². The number of nitrogens with one attached hydrogen (secondary N) is 2.